The van der Waals surface area contributed by atoms with Gasteiger partial charge in [-0.2, -0.15) is 0 Å². The molecule has 78 valence electrons. The molecule has 14 heavy (non-hydrogen) atoms. The molecule has 0 aromatic carbocycles. The van der Waals surface area contributed by atoms with Crippen molar-refractivity contribution in [3.63, 3.8) is 0 Å². The highest BCUT2D eigenvalue weighted by Crippen LogP contribution is 2.12. The van der Waals surface area contributed by atoms with Gasteiger partial charge in [-0.3, -0.25) is 5.84 Å². The molecule has 0 amide bonds. The largest absolute Gasteiger partial charge is 0.476 e. The number of hydrogen-bond acceptors (Lipinski definition) is 5. The number of rotatable bonds is 5. The number of aromatic nitrogens is 1. The monoisotopic (exact) mass is 196 g/mol. The van der Waals surface area contributed by atoms with Crippen LogP contribution in [0.3, 0.4) is 0 Å². The van der Waals surface area contributed by atoms with Crippen molar-refractivity contribution in [3.8, 4) is 5.88 Å². The van der Waals surface area contributed by atoms with Gasteiger partial charge in [0, 0.05) is 18.8 Å². The molecule has 0 fully saturated rings. The Balaban J connectivity index is 2.42. The highest BCUT2D eigenvalue weighted by atomic mass is 16.5. The van der Waals surface area contributed by atoms with E-state index in [9.17, 15) is 0 Å². The average Bonchev–Trinajstić information content (AvgIpc) is 2.18. The van der Waals surface area contributed by atoms with Crippen LogP contribution in [0.5, 0.6) is 5.88 Å². The van der Waals surface area contributed by atoms with E-state index in [1.54, 1.807) is 18.3 Å². The van der Waals surface area contributed by atoms with E-state index in [4.69, 9.17) is 10.6 Å². The smallest absolute Gasteiger partial charge is 0.215 e. The number of anilines is 1. The Kier molecular flexibility index (Phi) is 4.15. The molecule has 1 rings (SSSR count). The van der Waals surface area contributed by atoms with E-state index in [1.807, 2.05) is 19.0 Å². The summed E-state index contributed by atoms with van der Waals surface area (Å²) in [5.41, 5.74) is 3.33. The van der Waals surface area contributed by atoms with Gasteiger partial charge >= 0.3 is 0 Å². The molecule has 0 radical (unpaired) electrons. The van der Waals surface area contributed by atoms with E-state index in [0.717, 1.165) is 12.2 Å². The minimum Gasteiger partial charge on any atom is -0.476 e. The number of pyridine rings is 1. The number of nitrogen functional groups attached to an aromatic ring is 1. The molecular formula is C9H16N4O. The first kappa shape index (κ1) is 10.7. The third-order valence-electron chi connectivity index (χ3n) is 1.69. The molecule has 0 aliphatic heterocycles. The third kappa shape index (κ3) is 3.59. The molecule has 1 aromatic rings. The zero-order chi connectivity index (χ0) is 10.4. The van der Waals surface area contributed by atoms with E-state index in [-0.39, 0.29) is 0 Å². The van der Waals surface area contributed by atoms with Gasteiger partial charge in [0.1, 0.15) is 6.61 Å². The molecule has 0 atom stereocenters. The lowest BCUT2D eigenvalue weighted by Gasteiger charge is -2.10. The van der Waals surface area contributed by atoms with Crippen molar-refractivity contribution in [1.82, 2.24) is 9.88 Å². The van der Waals surface area contributed by atoms with Crippen LogP contribution in [-0.2, 0) is 0 Å². The first-order valence-corrected chi connectivity index (χ1v) is 4.42. The highest BCUT2D eigenvalue weighted by Gasteiger charge is 1.97. The summed E-state index contributed by atoms with van der Waals surface area (Å²) in [4.78, 5) is 6.09. The molecule has 1 aromatic heterocycles. The number of nitrogens with two attached hydrogens (primary N) is 1. The number of nitrogens with one attached hydrogen (secondary N) is 1. The second-order valence-corrected chi connectivity index (χ2v) is 3.18. The maximum absolute atomic E-state index is 5.41. The lowest BCUT2D eigenvalue weighted by Crippen LogP contribution is -2.19. The number of nitrogens with zero attached hydrogens (tertiary/aromatic N) is 2. The van der Waals surface area contributed by atoms with Gasteiger partial charge in [-0.1, -0.05) is 0 Å². The van der Waals surface area contributed by atoms with Gasteiger partial charge in [0.2, 0.25) is 5.88 Å². The van der Waals surface area contributed by atoms with Gasteiger partial charge < -0.3 is 15.1 Å². The van der Waals surface area contributed by atoms with Gasteiger partial charge in [-0.25, -0.2) is 4.98 Å². The average molecular weight is 196 g/mol. The quantitative estimate of drug-likeness (QED) is 0.524. The van der Waals surface area contributed by atoms with E-state index in [0.29, 0.717) is 12.5 Å². The fraction of sp³-hybridized carbons (Fsp3) is 0.444. The Hall–Kier alpha value is -1.33. The summed E-state index contributed by atoms with van der Waals surface area (Å²) >= 11 is 0. The first-order chi connectivity index (χ1) is 6.72. The molecule has 0 saturated heterocycles. The van der Waals surface area contributed by atoms with Gasteiger partial charge in [-0.15, -0.1) is 0 Å². The van der Waals surface area contributed by atoms with Crippen molar-refractivity contribution < 1.29 is 4.74 Å². The Morgan fingerprint density at radius 3 is 3.00 bits per heavy atom. The van der Waals surface area contributed by atoms with Crippen molar-refractivity contribution in [2.24, 2.45) is 5.84 Å². The Labute approximate surface area is 83.8 Å². The van der Waals surface area contributed by atoms with Crippen LogP contribution in [-0.4, -0.2) is 37.1 Å². The van der Waals surface area contributed by atoms with Crippen LogP contribution < -0.4 is 16.0 Å². The van der Waals surface area contributed by atoms with Gasteiger partial charge in [0.25, 0.3) is 0 Å². The SMILES string of the molecule is CN(C)CCOc1cc(NN)ccn1. The molecule has 5 heteroatoms. The summed E-state index contributed by atoms with van der Waals surface area (Å²) < 4.78 is 5.41. The van der Waals surface area contributed by atoms with Crippen LogP contribution in [0, 0.1) is 0 Å². The van der Waals surface area contributed by atoms with Crippen LogP contribution in [0.1, 0.15) is 0 Å². The van der Waals surface area contributed by atoms with Crippen molar-refractivity contribution >= 4 is 5.69 Å². The Morgan fingerprint density at radius 1 is 1.57 bits per heavy atom. The van der Waals surface area contributed by atoms with Crippen molar-refractivity contribution in [3.05, 3.63) is 18.3 Å². The van der Waals surface area contributed by atoms with Crippen LogP contribution in [0.15, 0.2) is 18.3 Å². The van der Waals surface area contributed by atoms with Crippen LogP contribution in [0.25, 0.3) is 0 Å². The molecule has 0 bridgehead atoms. The standard InChI is InChI=1S/C9H16N4O/c1-13(2)5-6-14-9-7-8(12-10)3-4-11-9/h3-4,7H,5-6,10H2,1-2H3,(H,11,12). The first-order valence-electron chi connectivity index (χ1n) is 4.42. The summed E-state index contributed by atoms with van der Waals surface area (Å²) in [6.07, 6.45) is 1.65. The Bertz CT molecular complexity index is 277. The number of hydrogen-bond donors (Lipinski definition) is 2. The fourth-order valence-electron chi connectivity index (χ4n) is 0.911. The number of likely N-dealkylation sites (N-methyl/N-ethyl adjacent to an activating group) is 1. The van der Waals surface area contributed by atoms with Gasteiger partial charge in [0.05, 0.1) is 5.69 Å². The summed E-state index contributed by atoms with van der Waals surface area (Å²) in [7, 11) is 3.99. The number of hydrazine groups is 1. The Morgan fingerprint density at radius 2 is 2.36 bits per heavy atom. The van der Waals surface area contributed by atoms with Gasteiger partial charge in [-0.05, 0) is 20.2 Å². The molecule has 5 nitrogen and oxygen atoms in total. The zero-order valence-corrected chi connectivity index (χ0v) is 8.53. The fourth-order valence-corrected chi connectivity index (χ4v) is 0.911. The van der Waals surface area contributed by atoms with E-state index in [1.165, 1.54) is 0 Å². The van der Waals surface area contributed by atoms with Gasteiger partial charge in [0.15, 0.2) is 0 Å². The third-order valence-corrected chi connectivity index (χ3v) is 1.69. The molecule has 0 aliphatic carbocycles. The molecule has 0 spiro atoms. The van der Waals surface area contributed by atoms with E-state index >= 15 is 0 Å². The van der Waals surface area contributed by atoms with Crippen LogP contribution in [0.4, 0.5) is 5.69 Å². The van der Waals surface area contributed by atoms with Crippen molar-refractivity contribution in [1.29, 1.82) is 0 Å². The predicted octanol–water partition coefficient (Wildman–Crippen LogP) is 0.308. The van der Waals surface area contributed by atoms with Crippen LogP contribution >= 0.6 is 0 Å². The topological polar surface area (TPSA) is 63.4 Å². The molecule has 0 unspecified atom stereocenters. The van der Waals surface area contributed by atoms with E-state index in [2.05, 4.69) is 10.4 Å². The second-order valence-electron chi connectivity index (χ2n) is 3.18. The molecule has 1 heterocycles. The van der Waals surface area contributed by atoms with Crippen molar-refractivity contribution in [2.75, 3.05) is 32.7 Å². The molecule has 0 saturated carbocycles. The highest BCUT2D eigenvalue weighted by molar-refractivity contribution is 5.43. The summed E-state index contributed by atoms with van der Waals surface area (Å²) in [6.45, 7) is 1.48. The maximum atomic E-state index is 5.41. The molecule has 0 aliphatic rings. The second kappa shape index (κ2) is 5.41. The zero-order valence-electron chi connectivity index (χ0n) is 8.53. The minimum absolute atomic E-state index is 0.585. The maximum Gasteiger partial charge on any atom is 0.215 e. The lowest BCUT2D eigenvalue weighted by molar-refractivity contribution is 0.254. The predicted molar refractivity (Wildman–Crippen MR) is 56.1 cm³/mol. The summed E-state index contributed by atoms with van der Waals surface area (Å²) in [5, 5.41) is 0. The summed E-state index contributed by atoms with van der Waals surface area (Å²) in [5.74, 6) is 5.84. The lowest BCUT2D eigenvalue weighted by atomic mass is 10.4. The normalized spacial score (nSPS) is 10.3. The van der Waals surface area contributed by atoms with E-state index < -0.39 is 0 Å². The van der Waals surface area contributed by atoms with Crippen molar-refractivity contribution in [2.45, 2.75) is 0 Å². The summed E-state index contributed by atoms with van der Waals surface area (Å²) in [6, 6.07) is 3.54. The molecular weight excluding hydrogens is 180 g/mol. The van der Waals surface area contributed by atoms with Crippen LogP contribution in [0.2, 0.25) is 0 Å². The minimum atomic E-state index is 0.585. The number of ether oxygens (including phenoxy) is 1. The molecule has 3 N–H and O–H groups in total.